The molecule has 0 radical (unpaired) electrons. The van der Waals surface area contributed by atoms with Gasteiger partial charge in [-0.25, -0.2) is 0 Å². The van der Waals surface area contributed by atoms with Gasteiger partial charge in [0.05, 0.1) is 17.1 Å². The zero-order valence-corrected chi connectivity index (χ0v) is 9.60. The topological polar surface area (TPSA) is 77.3 Å². The quantitative estimate of drug-likeness (QED) is 0.284. The van der Waals surface area contributed by atoms with E-state index in [4.69, 9.17) is 0 Å². The Balaban J connectivity index is 0.000000980. The smallest absolute Gasteiger partial charge is 0.739 e. The van der Waals surface area contributed by atoms with Crippen LogP contribution < -0.4 is 29.6 Å². The van der Waals surface area contributed by atoms with E-state index in [0.29, 0.717) is 5.39 Å². The molecule has 66 valence electrons. The van der Waals surface area contributed by atoms with Crippen molar-refractivity contribution < 1.29 is 34.4 Å². The van der Waals surface area contributed by atoms with Crippen molar-refractivity contribution in [2.24, 2.45) is 5.28 Å². The van der Waals surface area contributed by atoms with Gasteiger partial charge in [0, 0.05) is 0 Å². The first-order valence-corrected chi connectivity index (χ1v) is 3.69. The fourth-order valence-corrected chi connectivity index (χ4v) is 1.26. The normalized spacial score (nSPS) is 11.3. The van der Waals surface area contributed by atoms with E-state index in [9.17, 15) is 10.4 Å². The van der Waals surface area contributed by atoms with Gasteiger partial charge in [0.1, 0.15) is 0 Å². The van der Waals surface area contributed by atoms with E-state index in [-0.39, 0.29) is 40.1 Å². The second kappa shape index (κ2) is 4.45. The molecular weight excluding hydrogens is 193 g/mol. The van der Waals surface area contributed by atoms with Crippen molar-refractivity contribution in [2.75, 3.05) is 0 Å². The molecule has 0 aliphatic rings. The van der Waals surface area contributed by atoms with Crippen LogP contribution in [-0.2, 0) is 0 Å². The zero-order chi connectivity index (χ0) is 9.26. The molecule has 1 aromatic carbocycles. The molecule has 14 heavy (non-hydrogen) atoms. The standard InChI is InChI=1S/C8H7N3O2.Na/c12-10-11(13)8-5-9-7-4-2-1-3-6(7)8;/h1-5,9,12H;/q;+1/p-1. The summed E-state index contributed by atoms with van der Waals surface area (Å²) >= 11 is 0. The summed E-state index contributed by atoms with van der Waals surface area (Å²) < 4.78 is 0. The molecule has 0 saturated heterocycles. The first kappa shape index (κ1) is 11.0. The van der Waals surface area contributed by atoms with Crippen molar-refractivity contribution in [3.05, 3.63) is 40.9 Å². The number of hydrogen-bond donors (Lipinski definition) is 1. The molecular formula is C8H6N3NaO2. The van der Waals surface area contributed by atoms with Gasteiger partial charge in [-0.1, -0.05) is 17.0 Å². The average molecular weight is 199 g/mol. The molecule has 5 nitrogen and oxygen atoms in total. The van der Waals surface area contributed by atoms with Gasteiger partial charge in [-0.2, -0.15) is 0 Å². The van der Waals surface area contributed by atoms with Gasteiger partial charge >= 0.3 is 29.6 Å². The number of H-pyrrole nitrogens is 1. The van der Waals surface area contributed by atoms with Crippen LogP contribution in [0.1, 0.15) is 0 Å². The number of aromatic nitrogens is 1. The van der Waals surface area contributed by atoms with E-state index >= 15 is 0 Å². The van der Waals surface area contributed by atoms with Gasteiger partial charge in [0.2, 0.25) is 0 Å². The number of aromatic amines is 1. The monoisotopic (exact) mass is 199 g/mol. The van der Waals surface area contributed by atoms with Crippen molar-refractivity contribution in [3.63, 3.8) is 0 Å². The number of hydrogen-bond acceptors (Lipinski definition) is 3. The van der Waals surface area contributed by atoms with Gasteiger partial charge in [-0.15, -0.1) is 0 Å². The van der Waals surface area contributed by atoms with Gasteiger partial charge < -0.3 is 15.4 Å². The van der Waals surface area contributed by atoms with Crippen LogP contribution in [0.15, 0.2) is 35.7 Å². The molecule has 2 rings (SSSR count). The molecule has 6 heteroatoms. The number of nitrogens with one attached hydrogen (secondary N) is 1. The van der Waals surface area contributed by atoms with E-state index in [2.05, 4.69) is 10.3 Å². The third kappa shape index (κ3) is 1.75. The maximum Gasteiger partial charge on any atom is 1.00 e. The molecule has 0 unspecified atom stereocenters. The van der Waals surface area contributed by atoms with Crippen molar-refractivity contribution >= 4 is 16.6 Å². The number of benzene rings is 1. The van der Waals surface area contributed by atoms with Crippen LogP contribution in [0.4, 0.5) is 5.69 Å². The molecule has 0 atom stereocenters. The second-order valence-electron chi connectivity index (χ2n) is 2.57. The SMILES string of the molecule is [Na+].[O-]N=[N+]([O-])c1c[nH]c2ccccc12. The van der Waals surface area contributed by atoms with E-state index < -0.39 is 0 Å². The summed E-state index contributed by atoms with van der Waals surface area (Å²) in [6, 6.07) is 7.19. The molecule has 2 aromatic rings. The predicted octanol–water partition coefficient (Wildman–Crippen LogP) is -0.736. The minimum Gasteiger partial charge on any atom is -0.739 e. The summed E-state index contributed by atoms with van der Waals surface area (Å²) in [5.41, 5.74) is 1.05. The van der Waals surface area contributed by atoms with Crippen molar-refractivity contribution in [3.8, 4) is 0 Å². The summed E-state index contributed by atoms with van der Waals surface area (Å²) in [7, 11) is 0. The van der Waals surface area contributed by atoms with Crippen molar-refractivity contribution in [1.82, 2.24) is 4.98 Å². The molecule has 1 N–H and O–H groups in total. The molecule has 0 saturated carbocycles. The Kier molecular flexibility index (Phi) is 3.51. The Hall–Kier alpha value is -1.04. The van der Waals surface area contributed by atoms with Gasteiger partial charge in [0.25, 0.3) is 5.69 Å². The maximum absolute atomic E-state index is 10.9. The summed E-state index contributed by atoms with van der Waals surface area (Å²) in [6.45, 7) is 0. The van der Waals surface area contributed by atoms with Crippen LogP contribution in [-0.4, -0.2) is 9.84 Å². The first-order chi connectivity index (χ1) is 6.33. The van der Waals surface area contributed by atoms with Crippen LogP contribution >= 0.6 is 0 Å². The number of rotatable bonds is 1. The average Bonchev–Trinajstić information content (AvgIpc) is 2.60. The van der Waals surface area contributed by atoms with Crippen LogP contribution in [0.5, 0.6) is 0 Å². The van der Waals surface area contributed by atoms with Crippen LogP contribution in [0.3, 0.4) is 0 Å². The Bertz CT molecular complexity index is 466. The van der Waals surface area contributed by atoms with Gasteiger partial charge in [-0.3, -0.25) is 0 Å². The predicted molar refractivity (Wildman–Crippen MR) is 47.4 cm³/mol. The third-order valence-electron chi connectivity index (χ3n) is 1.85. The molecule has 0 spiro atoms. The molecule has 0 fully saturated rings. The molecule has 1 heterocycles. The molecule has 0 amide bonds. The third-order valence-corrected chi connectivity index (χ3v) is 1.85. The summed E-state index contributed by atoms with van der Waals surface area (Å²) in [5, 5.41) is 23.9. The van der Waals surface area contributed by atoms with Crippen LogP contribution in [0.25, 0.3) is 10.9 Å². The van der Waals surface area contributed by atoms with Gasteiger partial charge in [0.15, 0.2) is 0 Å². The fraction of sp³-hybridized carbons (Fsp3) is 0. The van der Waals surface area contributed by atoms with E-state index in [1.54, 1.807) is 12.1 Å². The largest absolute Gasteiger partial charge is 1.00 e. The summed E-state index contributed by atoms with van der Waals surface area (Å²) in [4.78, 5) is 2.92. The Morgan fingerprint density at radius 3 is 2.71 bits per heavy atom. The van der Waals surface area contributed by atoms with Crippen molar-refractivity contribution in [1.29, 1.82) is 0 Å². The zero-order valence-electron chi connectivity index (χ0n) is 7.60. The molecule has 1 aromatic heterocycles. The minimum atomic E-state index is 0. The Morgan fingerprint density at radius 1 is 1.29 bits per heavy atom. The molecule has 0 aliphatic heterocycles. The second-order valence-corrected chi connectivity index (χ2v) is 2.57. The van der Waals surface area contributed by atoms with Crippen molar-refractivity contribution in [2.45, 2.75) is 0 Å². The molecule has 0 aliphatic carbocycles. The number of fused-ring (bicyclic) bond motifs is 1. The fourth-order valence-electron chi connectivity index (χ4n) is 1.26. The maximum atomic E-state index is 10.9. The number of nitrogens with zero attached hydrogens (tertiary/aromatic N) is 2. The summed E-state index contributed by atoms with van der Waals surface area (Å²) in [6.07, 6.45) is 1.46. The Morgan fingerprint density at radius 2 is 2.00 bits per heavy atom. The first-order valence-electron chi connectivity index (χ1n) is 3.69. The number of para-hydroxylation sites is 1. The minimum absolute atomic E-state index is 0. The Labute approximate surface area is 102 Å². The van der Waals surface area contributed by atoms with E-state index in [1.165, 1.54) is 6.20 Å². The summed E-state index contributed by atoms with van der Waals surface area (Å²) in [5.74, 6) is 0. The van der Waals surface area contributed by atoms with Crippen LogP contribution in [0.2, 0.25) is 0 Å². The molecule has 0 bridgehead atoms. The van der Waals surface area contributed by atoms with Gasteiger partial charge in [-0.05, 0) is 17.4 Å². The van der Waals surface area contributed by atoms with E-state index in [1.807, 2.05) is 12.1 Å². The van der Waals surface area contributed by atoms with Crippen LogP contribution in [0, 0.1) is 10.4 Å². The van der Waals surface area contributed by atoms with E-state index in [0.717, 1.165) is 5.52 Å².